The summed E-state index contributed by atoms with van der Waals surface area (Å²) in [7, 11) is 0. The first-order valence-electron chi connectivity index (χ1n) is 8.15. The van der Waals surface area contributed by atoms with Crippen LogP contribution in [0.15, 0.2) is 24.3 Å². The summed E-state index contributed by atoms with van der Waals surface area (Å²) in [6, 6.07) is 6.02. The van der Waals surface area contributed by atoms with Crippen LogP contribution in [0, 0.1) is 11.7 Å². The van der Waals surface area contributed by atoms with Crippen LogP contribution in [-0.2, 0) is 14.3 Å². The normalized spacial score (nSPS) is 15.5. The Hall–Kier alpha value is -2.52. The number of morpholine rings is 1. The van der Waals surface area contributed by atoms with Crippen molar-refractivity contribution >= 4 is 33.3 Å². The van der Waals surface area contributed by atoms with Crippen LogP contribution in [0.1, 0.15) is 6.92 Å². The number of thiazole rings is 1. The number of nitrogens with two attached hydrogens (primary N) is 1. The fraction of sp³-hybridized carbons (Fsp3) is 0.353. The number of carbonyl (C=O) groups is 2. The topological polar surface area (TPSA) is 97.5 Å². The van der Waals surface area contributed by atoms with Crippen LogP contribution in [0.4, 0.5) is 14.5 Å². The van der Waals surface area contributed by atoms with Gasteiger partial charge in [-0.2, -0.15) is 0 Å². The van der Waals surface area contributed by atoms with E-state index in [1.165, 1.54) is 30.4 Å². The Kier molecular flexibility index (Phi) is 5.48. The number of hydrogen-bond donors (Lipinski definition) is 2. The van der Waals surface area contributed by atoms with Crippen LogP contribution in [0.25, 0.3) is 11.3 Å². The number of carbonyl (C=O) groups excluding carboxylic acids is 2. The summed E-state index contributed by atoms with van der Waals surface area (Å²) in [6.45, 7) is 4.03. The Morgan fingerprint density at radius 1 is 1.31 bits per heavy atom. The summed E-state index contributed by atoms with van der Waals surface area (Å²) >= 11 is 1.30. The van der Waals surface area contributed by atoms with Crippen molar-refractivity contribution in [3.63, 3.8) is 0 Å². The molecule has 9 heteroatoms. The van der Waals surface area contributed by atoms with Crippen LogP contribution >= 0.6 is 11.3 Å². The van der Waals surface area contributed by atoms with Crippen LogP contribution in [0.3, 0.4) is 0 Å². The van der Waals surface area contributed by atoms with Crippen LogP contribution in [0.2, 0.25) is 0 Å². The third-order valence-electron chi connectivity index (χ3n) is 4.08. The molecule has 1 saturated heterocycles. The standard InChI is InChI=1S/C17H19FN4O3S/c1-10(14(19)23)15(24)21-17-20-13(11-2-4-12(18)5-3-11)16(26-17)22-6-8-25-9-7-22/h2-5,10H,6-9H2,1H3,(H2,19,23)(H,20,21,24). The number of nitrogens with one attached hydrogen (secondary N) is 1. The van der Waals surface area contributed by atoms with E-state index in [0.717, 1.165) is 10.6 Å². The molecule has 2 heterocycles. The van der Waals surface area contributed by atoms with E-state index in [9.17, 15) is 14.0 Å². The highest BCUT2D eigenvalue weighted by molar-refractivity contribution is 7.20. The van der Waals surface area contributed by atoms with Crippen molar-refractivity contribution in [2.24, 2.45) is 11.7 Å². The Balaban J connectivity index is 1.93. The lowest BCUT2D eigenvalue weighted by Gasteiger charge is -2.28. The van der Waals surface area contributed by atoms with Gasteiger partial charge < -0.3 is 20.7 Å². The van der Waals surface area contributed by atoms with Crippen LogP contribution < -0.4 is 16.0 Å². The van der Waals surface area contributed by atoms with Gasteiger partial charge in [-0.25, -0.2) is 9.37 Å². The van der Waals surface area contributed by atoms with Crippen LogP contribution in [-0.4, -0.2) is 43.1 Å². The van der Waals surface area contributed by atoms with E-state index in [4.69, 9.17) is 10.5 Å². The molecule has 1 atom stereocenters. The fourth-order valence-corrected chi connectivity index (χ4v) is 3.53. The number of hydrogen-bond acceptors (Lipinski definition) is 6. The third-order valence-corrected chi connectivity index (χ3v) is 5.11. The Morgan fingerprint density at radius 2 is 1.96 bits per heavy atom. The predicted octanol–water partition coefficient (Wildman–Crippen LogP) is 1.85. The molecular weight excluding hydrogens is 359 g/mol. The number of rotatable bonds is 5. The lowest BCUT2D eigenvalue weighted by atomic mass is 10.1. The molecule has 1 aromatic carbocycles. The summed E-state index contributed by atoms with van der Waals surface area (Å²) in [5, 5.41) is 3.87. The molecule has 0 aliphatic carbocycles. The molecule has 0 radical (unpaired) electrons. The molecule has 3 rings (SSSR count). The molecule has 0 spiro atoms. The minimum Gasteiger partial charge on any atom is -0.378 e. The average Bonchev–Trinajstić information content (AvgIpc) is 3.06. The maximum Gasteiger partial charge on any atom is 0.238 e. The highest BCUT2D eigenvalue weighted by atomic mass is 32.1. The van der Waals surface area contributed by atoms with Crippen molar-refractivity contribution in [1.29, 1.82) is 0 Å². The summed E-state index contributed by atoms with van der Waals surface area (Å²) in [6.07, 6.45) is 0. The molecule has 2 aromatic rings. The Labute approximate surface area is 154 Å². The molecule has 0 bridgehead atoms. The van der Waals surface area contributed by atoms with E-state index in [1.54, 1.807) is 12.1 Å². The van der Waals surface area contributed by atoms with Gasteiger partial charge in [0.25, 0.3) is 0 Å². The molecule has 26 heavy (non-hydrogen) atoms. The minimum absolute atomic E-state index is 0.333. The number of primary amides is 1. The van der Waals surface area contributed by atoms with E-state index < -0.39 is 17.7 Å². The number of aromatic nitrogens is 1. The monoisotopic (exact) mass is 378 g/mol. The lowest BCUT2D eigenvalue weighted by molar-refractivity contribution is -0.129. The molecule has 7 nitrogen and oxygen atoms in total. The molecule has 138 valence electrons. The second kappa shape index (κ2) is 7.79. The number of ether oxygens (including phenoxy) is 1. The van der Waals surface area contributed by atoms with Gasteiger partial charge >= 0.3 is 0 Å². The zero-order chi connectivity index (χ0) is 18.7. The van der Waals surface area contributed by atoms with Crippen molar-refractivity contribution in [3.05, 3.63) is 30.1 Å². The van der Waals surface area contributed by atoms with Crippen LogP contribution in [0.5, 0.6) is 0 Å². The second-order valence-electron chi connectivity index (χ2n) is 5.89. The first-order chi connectivity index (χ1) is 12.5. The predicted molar refractivity (Wildman–Crippen MR) is 97.5 cm³/mol. The highest BCUT2D eigenvalue weighted by Crippen LogP contribution is 2.39. The maximum atomic E-state index is 13.3. The quantitative estimate of drug-likeness (QED) is 0.774. The van der Waals surface area contributed by atoms with Gasteiger partial charge in [-0.05, 0) is 31.2 Å². The molecule has 0 saturated carbocycles. The maximum absolute atomic E-state index is 13.3. The number of nitrogens with zero attached hydrogens (tertiary/aromatic N) is 2. The molecule has 1 aromatic heterocycles. The van der Waals surface area contributed by atoms with Crippen molar-refractivity contribution < 1.29 is 18.7 Å². The number of halogens is 1. The van der Waals surface area contributed by atoms with E-state index in [1.807, 2.05) is 0 Å². The largest absolute Gasteiger partial charge is 0.378 e. The zero-order valence-corrected chi connectivity index (χ0v) is 15.0. The summed E-state index contributed by atoms with van der Waals surface area (Å²) in [5.41, 5.74) is 6.57. The van der Waals surface area contributed by atoms with Gasteiger partial charge in [-0.1, -0.05) is 11.3 Å². The highest BCUT2D eigenvalue weighted by Gasteiger charge is 2.24. The second-order valence-corrected chi connectivity index (χ2v) is 6.87. The van der Waals surface area contributed by atoms with Gasteiger partial charge in [0, 0.05) is 18.7 Å². The first-order valence-corrected chi connectivity index (χ1v) is 8.97. The summed E-state index contributed by atoms with van der Waals surface area (Å²) in [4.78, 5) is 29.9. The van der Waals surface area contributed by atoms with E-state index in [0.29, 0.717) is 37.1 Å². The number of amides is 2. The van der Waals surface area contributed by atoms with E-state index in [2.05, 4.69) is 15.2 Å². The number of benzene rings is 1. The minimum atomic E-state index is -0.958. The number of anilines is 2. The zero-order valence-electron chi connectivity index (χ0n) is 14.2. The van der Waals surface area contributed by atoms with Gasteiger partial charge in [0.1, 0.15) is 22.4 Å². The van der Waals surface area contributed by atoms with E-state index >= 15 is 0 Å². The average molecular weight is 378 g/mol. The first kappa shape index (κ1) is 18.3. The Bertz CT molecular complexity index is 803. The van der Waals surface area contributed by atoms with Crippen molar-refractivity contribution in [2.45, 2.75) is 6.92 Å². The van der Waals surface area contributed by atoms with Gasteiger partial charge in [-0.15, -0.1) is 0 Å². The molecule has 1 aliphatic heterocycles. The van der Waals surface area contributed by atoms with Gasteiger partial charge in [-0.3, -0.25) is 9.59 Å². The summed E-state index contributed by atoms with van der Waals surface area (Å²) < 4.78 is 18.6. The van der Waals surface area contributed by atoms with Crippen molar-refractivity contribution in [1.82, 2.24) is 4.98 Å². The molecule has 1 aliphatic rings. The van der Waals surface area contributed by atoms with E-state index in [-0.39, 0.29) is 5.82 Å². The molecule has 1 fully saturated rings. The smallest absolute Gasteiger partial charge is 0.238 e. The third kappa shape index (κ3) is 4.00. The molecular formula is C17H19FN4O3S. The Morgan fingerprint density at radius 3 is 2.58 bits per heavy atom. The molecule has 1 unspecified atom stereocenters. The van der Waals surface area contributed by atoms with Gasteiger partial charge in [0.2, 0.25) is 11.8 Å². The SMILES string of the molecule is CC(C(N)=O)C(=O)Nc1nc(-c2ccc(F)cc2)c(N2CCOCC2)s1. The van der Waals surface area contributed by atoms with Gasteiger partial charge in [0.15, 0.2) is 5.13 Å². The van der Waals surface area contributed by atoms with Crippen molar-refractivity contribution in [2.75, 3.05) is 36.5 Å². The lowest BCUT2D eigenvalue weighted by Crippen LogP contribution is -2.35. The van der Waals surface area contributed by atoms with Crippen molar-refractivity contribution in [3.8, 4) is 11.3 Å². The summed E-state index contributed by atoms with van der Waals surface area (Å²) in [5.74, 6) is -2.50. The van der Waals surface area contributed by atoms with Gasteiger partial charge in [0.05, 0.1) is 13.2 Å². The molecule has 3 N–H and O–H groups in total. The fourth-order valence-electron chi connectivity index (χ4n) is 2.48. The molecule has 2 amide bonds.